The third kappa shape index (κ3) is 5.77. The first kappa shape index (κ1) is 27.4. The van der Waals surface area contributed by atoms with Gasteiger partial charge in [-0.25, -0.2) is 9.59 Å². The Morgan fingerprint density at radius 1 is 1.03 bits per heavy atom. The largest absolute Gasteiger partial charge is 0.466 e. The van der Waals surface area contributed by atoms with E-state index in [-0.39, 0.29) is 35.1 Å². The summed E-state index contributed by atoms with van der Waals surface area (Å²) in [6, 6.07) is 17.4. The molecule has 0 spiro atoms. The van der Waals surface area contributed by atoms with E-state index < -0.39 is 17.9 Å². The number of benzene rings is 2. The van der Waals surface area contributed by atoms with Crippen molar-refractivity contribution < 1.29 is 28.6 Å². The molecule has 0 saturated carbocycles. The lowest BCUT2D eigenvalue weighted by molar-refractivity contribution is -0.139. The van der Waals surface area contributed by atoms with E-state index >= 15 is 0 Å². The molecule has 4 rings (SSSR count). The maximum absolute atomic E-state index is 13.1. The first-order valence-electron chi connectivity index (χ1n) is 12.2. The van der Waals surface area contributed by atoms with Crippen LogP contribution in [0.2, 0.25) is 0 Å². The van der Waals surface area contributed by atoms with Gasteiger partial charge < -0.3 is 25.3 Å². The molecule has 1 saturated heterocycles. The van der Waals surface area contributed by atoms with Gasteiger partial charge in [-0.2, -0.15) is 5.26 Å². The number of nitrogens with one attached hydrogen (secondary N) is 1. The van der Waals surface area contributed by atoms with Gasteiger partial charge in [-0.3, -0.25) is 14.6 Å². The molecule has 3 N–H and O–H groups in total. The van der Waals surface area contributed by atoms with Crippen LogP contribution in [0.4, 0.5) is 11.4 Å². The Hall–Kier alpha value is -4.66. The molecule has 2 aromatic carbocycles. The standard InChI is InChI=1S/C28H29N5O6/c1-37-27(35)24-23(18-6-4-3-5-7-18)21(16-29)26(30)33(25(24)28(36)38-2)20-10-8-19(9-11-20)31-22(34)17-32-12-14-39-15-13-32/h3-11,23H,12-15,17,30H2,1-2H3,(H,31,34). The number of hydrogen-bond donors (Lipinski definition) is 2. The molecule has 1 fully saturated rings. The maximum Gasteiger partial charge on any atom is 0.355 e. The number of carbonyl (C=O) groups excluding carboxylic acids is 3. The third-order valence-corrected chi connectivity index (χ3v) is 6.49. The smallest absolute Gasteiger partial charge is 0.355 e. The van der Waals surface area contributed by atoms with Crippen LogP contribution >= 0.6 is 0 Å². The molecule has 0 aliphatic carbocycles. The Labute approximate surface area is 226 Å². The number of anilines is 2. The summed E-state index contributed by atoms with van der Waals surface area (Å²) in [4.78, 5) is 42.1. The van der Waals surface area contributed by atoms with E-state index in [0.717, 1.165) is 0 Å². The number of nitrogens with zero attached hydrogens (tertiary/aromatic N) is 3. The number of morpholine rings is 1. The minimum absolute atomic E-state index is 0.0384. The number of esters is 2. The lowest BCUT2D eigenvalue weighted by Gasteiger charge is -2.35. The molecule has 2 aliphatic heterocycles. The topological polar surface area (TPSA) is 147 Å². The van der Waals surface area contributed by atoms with Gasteiger partial charge in [0.05, 0.1) is 57.1 Å². The first-order chi connectivity index (χ1) is 18.9. The number of hydrogen-bond acceptors (Lipinski definition) is 10. The van der Waals surface area contributed by atoms with Crippen molar-refractivity contribution in [2.45, 2.75) is 5.92 Å². The van der Waals surface area contributed by atoms with Crippen molar-refractivity contribution in [3.63, 3.8) is 0 Å². The summed E-state index contributed by atoms with van der Waals surface area (Å²) in [6.45, 7) is 2.78. The van der Waals surface area contributed by atoms with Crippen LogP contribution in [0.5, 0.6) is 0 Å². The lowest BCUT2D eigenvalue weighted by Crippen LogP contribution is -2.41. The fraction of sp³-hybridized carbons (Fsp3) is 0.286. The zero-order valence-corrected chi connectivity index (χ0v) is 21.7. The molecule has 2 heterocycles. The van der Waals surface area contributed by atoms with Gasteiger partial charge in [0.2, 0.25) is 5.91 Å². The minimum Gasteiger partial charge on any atom is -0.466 e. The number of allylic oxidation sites excluding steroid dienone is 1. The summed E-state index contributed by atoms with van der Waals surface area (Å²) < 4.78 is 15.4. The van der Waals surface area contributed by atoms with Crippen LogP contribution in [0.15, 0.2) is 77.3 Å². The van der Waals surface area contributed by atoms with Crippen LogP contribution in [0.1, 0.15) is 11.5 Å². The van der Waals surface area contributed by atoms with Crippen molar-refractivity contribution in [1.29, 1.82) is 5.26 Å². The van der Waals surface area contributed by atoms with Gasteiger partial charge in [0.25, 0.3) is 0 Å². The average molecular weight is 532 g/mol. The van der Waals surface area contributed by atoms with Crippen molar-refractivity contribution in [3.05, 3.63) is 82.8 Å². The minimum atomic E-state index is -0.951. The van der Waals surface area contributed by atoms with E-state index in [9.17, 15) is 19.6 Å². The summed E-state index contributed by atoms with van der Waals surface area (Å²) in [5.41, 5.74) is 7.81. The number of methoxy groups -OCH3 is 2. The fourth-order valence-electron chi connectivity index (χ4n) is 4.64. The molecule has 1 amide bonds. The summed E-state index contributed by atoms with van der Waals surface area (Å²) >= 11 is 0. The molecule has 39 heavy (non-hydrogen) atoms. The quantitative estimate of drug-likeness (QED) is 0.507. The second-order valence-corrected chi connectivity index (χ2v) is 8.82. The molecule has 0 bridgehead atoms. The summed E-state index contributed by atoms with van der Waals surface area (Å²) in [6.07, 6.45) is 0. The van der Waals surface area contributed by atoms with Gasteiger partial charge in [-0.05, 0) is 29.8 Å². The Kier molecular flexibility index (Phi) is 8.60. The van der Waals surface area contributed by atoms with E-state index in [2.05, 4.69) is 11.4 Å². The molecule has 2 aliphatic rings. The van der Waals surface area contributed by atoms with Crippen LogP contribution in [0, 0.1) is 11.3 Å². The zero-order chi connectivity index (χ0) is 27.9. The Balaban J connectivity index is 1.73. The highest BCUT2D eigenvalue weighted by Crippen LogP contribution is 2.43. The molecule has 202 valence electrons. The molecule has 1 unspecified atom stereocenters. The number of nitriles is 1. The van der Waals surface area contributed by atoms with Crippen LogP contribution in [0.25, 0.3) is 0 Å². The van der Waals surface area contributed by atoms with Crippen molar-refractivity contribution in [2.24, 2.45) is 5.73 Å². The van der Waals surface area contributed by atoms with Gasteiger partial charge in [-0.1, -0.05) is 30.3 Å². The summed E-state index contributed by atoms with van der Waals surface area (Å²) in [5.74, 6) is -2.81. The number of rotatable bonds is 7. The second-order valence-electron chi connectivity index (χ2n) is 8.82. The zero-order valence-electron chi connectivity index (χ0n) is 21.7. The van der Waals surface area contributed by atoms with Crippen molar-refractivity contribution in [1.82, 2.24) is 4.90 Å². The number of ether oxygens (including phenoxy) is 3. The highest BCUT2D eigenvalue weighted by atomic mass is 16.5. The number of nitrogens with two attached hydrogens (primary N) is 1. The Bertz CT molecular complexity index is 1340. The van der Waals surface area contributed by atoms with E-state index in [1.165, 1.54) is 19.1 Å². The predicted molar refractivity (Wildman–Crippen MR) is 142 cm³/mol. The monoisotopic (exact) mass is 531 g/mol. The highest BCUT2D eigenvalue weighted by molar-refractivity contribution is 6.06. The van der Waals surface area contributed by atoms with E-state index in [4.69, 9.17) is 19.9 Å². The average Bonchev–Trinajstić information content (AvgIpc) is 2.97. The number of amides is 1. The molecule has 0 aromatic heterocycles. The highest BCUT2D eigenvalue weighted by Gasteiger charge is 2.42. The fourth-order valence-corrected chi connectivity index (χ4v) is 4.64. The van der Waals surface area contributed by atoms with Crippen LogP contribution in [-0.2, 0) is 28.6 Å². The molecule has 2 aromatic rings. The third-order valence-electron chi connectivity index (χ3n) is 6.49. The van der Waals surface area contributed by atoms with E-state index in [1.54, 1.807) is 54.6 Å². The van der Waals surface area contributed by atoms with Crippen molar-refractivity contribution in [3.8, 4) is 6.07 Å². The van der Waals surface area contributed by atoms with Crippen LogP contribution in [-0.4, -0.2) is 69.8 Å². The second kappa shape index (κ2) is 12.3. The van der Waals surface area contributed by atoms with Gasteiger partial charge in [-0.15, -0.1) is 0 Å². The normalized spacial score (nSPS) is 17.9. The maximum atomic E-state index is 13.1. The SMILES string of the molecule is COC(=O)C1=C(C(=O)OC)N(c2ccc(NC(=O)CN3CCOCC3)cc2)C(N)=C(C#N)C1c1ccccc1. The van der Waals surface area contributed by atoms with Crippen molar-refractivity contribution >= 4 is 29.2 Å². The summed E-state index contributed by atoms with van der Waals surface area (Å²) in [7, 11) is 2.38. The lowest BCUT2D eigenvalue weighted by atomic mass is 9.81. The predicted octanol–water partition coefficient (Wildman–Crippen LogP) is 1.86. The van der Waals surface area contributed by atoms with E-state index in [0.29, 0.717) is 43.2 Å². The first-order valence-corrected chi connectivity index (χ1v) is 12.2. The number of carbonyl (C=O) groups is 3. The molecular weight excluding hydrogens is 502 g/mol. The molecular formula is C28H29N5O6. The van der Waals surface area contributed by atoms with Gasteiger partial charge in [0.1, 0.15) is 11.5 Å². The molecule has 0 radical (unpaired) electrons. The van der Waals surface area contributed by atoms with Crippen LogP contribution < -0.4 is 16.0 Å². The summed E-state index contributed by atoms with van der Waals surface area (Å²) in [5, 5.41) is 13.0. The van der Waals surface area contributed by atoms with Crippen LogP contribution in [0.3, 0.4) is 0 Å². The van der Waals surface area contributed by atoms with Gasteiger partial charge in [0, 0.05) is 24.5 Å². The molecule has 11 heteroatoms. The molecule has 1 atom stereocenters. The van der Waals surface area contributed by atoms with Gasteiger partial charge in [0.15, 0.2) is 0 Å². The Morgan fingerprint density at radius 3 is 2.26 bits per heavy atom. The van der Waals surface area contributed by atoms with Gasteiger partial charge >= 0.3 is 11.9 Å². The van der Waals surface area contributed by atoms with Crippen molar-refractivity contribution in [2.75, 3.05) is 57.3 Å². The molecule has 11 nitrogen and oxygen atoms in total. The van der Waals surface area contributed by atoms with E-state index in [1.807, 2.05) is 4.90 Å². The Morgan fingerprint density at radius 2 is 1.67 bits per heavy atom.